The highest BCUT2D eigenvalue weighted by Crippen LogP contribution is 2.15. The smallest absolute Gasteiger partial charge is 0.334 e. The fourth-order valence-electron chi connectivity index (χ4n) is 2.55. The molecule has 2 atom stereocenters. The average molecular weight is 286 g/mol. The molecular formula is C13H22N2O5. The van der Waals surface area contributed by atoms with Crippen LogP contribution in [-0.4, -0.2) is 78.5 Å². The lowest BCUT2D eigenvalue weighted by Crippen LogP contribution is -2.53. The molecular weight excluding hydrogens is 264 g/mol. The van der Waals surface area contributed by atoms with Gasteiger partial charge in [-0.2, -0.15) is 0 Å². The lowest BCUT2D eigenvalue weighted by molar-refractivity contribution is -0.154. The van der Waals surface area contributed by atoms with Crippen LogP contribution in [0, 0.1) is 0 Å². The number of rotatable bonds is 4. The van der Waals surface area contributed by atoms with Crippen molar-refractivity contribution in [2.45, 2.75) is 32.0 Å². The first-order valence-corrected chi connectivity index (χ1v) is 7.11. The van der Waals surface area contributed by atoms with E-state index >= 15 is 0 Å². The molecule has 2 heterocycles. The van der Waals surface area contributed by atoms with Crippen molar-refractivity contribution in [3.63, 3.8) is 0 Å². The van der Waals surface area contributed by atoms with Crippen LogP contribution >= 0.6 is 0 Å². The summed E-state index contributed by atoms with van der Waals surface area (Å²) in [5.74, 6) is -1.02. The van der Waals surface area contributed by atoms with Gasteiger partial charge in [0.05, 0.1) is 19.3 Å². The lowest BCUT2D eigenvalue weighted by atomic mass is 10.2. The van der Waals surface area contributed by atoms with Gasteiger partial charge in [0.2, 0.25) is 0 Å². The molecule has 2 aliphatic heterocycles. The van der Waals surface area contributed by atoms with Gasteiger partial charge in [0.15, 0.2) is 6.10 Å². The molecule has 2 fully saturated rings. The minimum absolute atomic E-state index is 0.107. The van der Waals surface area contributed by atoms with Crippen LogP contribution in [-0.2, 0) is 14.3 Å². The summed E-state index contributed by atoms with van der Waals surface area (Å²) in [5.41, 5.74) is 0. The summed E-state index contributed by atoms with van der Waals surface area (Å²) in [7, 11) is 0. The van der Waals surface area contributed by atoms with Gasteiger partial charge < -0.3 is 24.4 Å². The number of aliphatic carboxylic acids is 1. The highest BCUT2D eigenvalue weighted by atomic mass is 16.5. The summed E-state index contributed by atoms with van der Waals surface area (Å²) in [4.78, 5) is 26.7. The van der Waals surface area contributed by atoms with Gasteiger partial charge in [0.25, 0.3) is 0 Å². The van der Waals surface area contributed by atoms with Crippen LogP contribution in [0.25, 0.3) is 0 Å². The molecule has 0 aromatic carbocycles. The highest BCUT2D eigenvalue weighted by molar-refractivity contribution is 5.77. The molecule has 0 spiro atoms. The molecule has 0 aromatic heterocycles. The number of carboxylic acid groups (broad SMARTS) is 1. The van der Waals surface area contributed by atoms with Gasteiger partial charge in [-0.3, -0.25) is 0 Å². The number of hydrogen-bond donors (Lipinski definition) is 1. The Labute approximate surface area is 118 Å². The van der Waals surface area contributed by atoms with Crippen LogP contribution < -0.4 is 0 Å². The van der Waals surface area contributed by atoms with E-state index in [2.05, 4.69) is 0 Å². The maximum atomic E-state index is 12.4. The molecule has 1 N–H and O–H groups in total. The number of carbonyl (C=O) groups excluding carboxylic acids is 1. The average Bonchev–Trinajstić information content (AvgIpc) is 2.97. The van der Waals surface area contributed by atoms with Gasteiger partial charge in [0.1, 0.15) is 0 Å². The summed E-state index contributed by atoms with van der Waals surface area (Å²) in [6.07, 6.45) is 1.20. The molecule has 2 aliphatic rings. The van der Waals surface area contributed by atoms with E-state index in [0.29, 0.717) is 19.6 Å². The first-order valence-electron chi connectivity index (χ1n) is 7.11. The van der Waals surface area contributed by atoms with Gasteiger partial charge in [-0.05, 0) is 19.8 Å². The molecule has 7 heteroatoms. The van der Waals surface area contributed by atoms with Crippen molar-refractivity contribution in [1.29, 1.82) is 0 Å². The van der Waals surface area contributed by atoms with Gasteiger partial charge in [-0.15, -0.1) is 0 Å². The number of urea groups is 1. The first-order chi connectivity index (χ1) is 9.61. The van der Waals surface area contributed by atoms with E-state index in [1.807, 2.05) is 6.92 Å². The number of ether oxygens (including phenoxy) is 2. The fraction of sp³-hybridized carbons (Fsp3) is 0.846. The molecule has 0 radical (unpaired) electrons. The van der Waals surface area contributed by atoms with Crippen molar-refractivity contribution in [1.82, 2.24) is 9.80 Å². The predicted molar refractivity (Wildman–Crippen MR) is 70.6 cm³/mol. The molecule has 2 amide bonds. The van der Waals surface area contributed by atoms with Crippen molar-refractivity contribution >= 4 is 12.0 Å². The summed E-state index contributed by atoms with van der Waals surface area (Å²) < 4.78 is 10.7. The van der Waals surface area contributed by atoms with Crippen molar-refractivity contribution in [2.24, 2.45) is 0 Å². The molecule has 0 saturated carbocycles. The third-order valence-corrected chi connectivity index (χ3v) is 3.71. The van der Waals surface area contributed by atoms with Crippen LogP contribution in [0.5, 0.6) is 0 Å². The van der Waals surface area contributed by atoms with Crippen LogP contribution in [0.1, 0.15) is 19.8 Å². The monoisotopic (exact) mass is 286 g/mol. The van der Waals surface area contributed by atoms with E-state index < -0.39 is 12.1 Å². The fourth-order valence-corrected chi connectivity index (χ4v) is 2.55. The Morgan fingerprint density at radius 2 is 2.15 bits per heavy atom. The quantitative estimate of drug-likeness (QED) is 0.809. The number of amides is 2. The predicted octanol–water partition coefficient (Wildman–Crippen LogP) is 0.393. The van der Waals surface area contributed by atoms with E-state index in [1.54, 1.807) is 9.80 Å². The largest absolute Gasteiger partial charge is 0.479 e. The summed E-state index contributed by atoms with van der Waals surface area (Å²) >= 11 is 0. The molecule has 20 heavy (non-hydrogen) atoms. The van der Waals surface area contributed by atoms with Crippen LogP contribution in [0.3, 0.4) is 0 Å². The van der Waals surface area contributed by atoms with Crippen molar-refractivity contribution in [2.75, 3.05) is 39.4 Å². The van der Waals surface area contributed by atoms with E-state index in [-0.39, 0.29) is 25.3 Å². The van der Waals surface area contributed by atoms with Crippen molar-refractivity contribution < 1.29 is 24.2 Å². The highest BCUT2D eigenvalue weighted by Gasteiger charge is 2.32. The Morgan fingerprint density at radius 3 is 2.75 bits per heavy atom. The van der Waals surface area contributed by atoms with Crippen molar-refractivity contribution in [3.05, 3.63) is 0 Å². The molecule has 2 rings (SSSR count). The number of carboxylic acids is 1. The molecule has 2 unspecified atom stereocenters. The zero-order valence-corrected chi connectivity index (χ0v) is 11.8. The standard InChI is InChI=1S/C13H22N2O5/c1-2-14(8-10-4-3-6-19-10)13(18)15-5-7-20-11(9-15)12(16)17/h10-11H,2-9H2,1H3,(H,16,17). The SMILES string of the molecule is CCN(CC1CCCO1)C(=O)N1CCOC(C(=O)O)C1. The van der Waals surface area contributed by atoms with Crippen LogP contribution in [0.4, 0.5) is 4.79 Å². The van der Waals surface area contributed by atoms with E-state index in [4.69, 9.17) is 14.6 Å². The Morgan fingerprint density at radius 1 is 1.35 bits per heavy atom. The summed E-state index contributed by atoms with van der Waals surface area (Å²) in [6.45, 7) is 4.65. The maximum absolute atomic E-state index is 12.4. The number of morpholine rings is 1. The topological polar surface area (TPSA) is 79.3 Å². The zero-order chi connectivity index (χ0) is 14.5. The van der Waals surface area contributed by atoms with E-state index in [1.165, 1.54) is 0 Å². The minimum atomic E-state index is -1.02. The number of likely N-dealkylation sites (N-methyl/N-ethyl adjacent to an activating group) is 1. The summed E-state index contributed by atoms with van der Waals surface area (Å²) in [5, 5.41) is 8.97. The van der Waals surface area contributed by atoms with Crippen molar-refractivity contribution in [3.8, 4) is 0 Å². The third-order valence-electron chi connectivity index (χ3n) is 3.71. The molecule has 7 nitrogen and oxygen atoms in total. The zero-order valence-electron chi connectivity index (χ0n) is 11.8. The number of hydrogen-bond acceptors (Lipinski definition) is 4. The minimum Gasteiger partial charge on any atom is -0.479 e. The Kier molecular flexibility index (Phi) is 5.19. The molecule has 0 bridgehead atoms. The van der Waals surface area contributed by atoms with E-state index in [9.17, 15) is 9.59 Å². The van der Waals surface area contributed by atoms with Gasteiger partial charge >= 0.3 is 12.0 Å². The van der Waals surface area contributed by atoms with Gasteiger partial charge in [-0.25, -0.2) is 9.59 Å². The maximum Gasteiger partial charge on any atom is 0.334 e. The number of carbonyl (C=O) groups is 2. The van der Waals surface area contributed by atoms with Crippen LogP contribution in [0.15, 0.2) is 0 Å². The van der Waals surface area contributed by atoms with E-state index in [0.717, 1.165) is 19.4 Å². The molecule has 0 aromatic rings. The van der Waals surface area contributed by atoms with Gasteiger partial charge in [0, 0.05) is 26.2 Å². The Hall–Kier alpha value is -1.34. The Balaban J connectivity index is 1.91. The number of nitrogens with zero attached hydrogens (tertiary/aromatic N) is 2. The molecule has 2 saturated heterocycles. The van der Waals surface area contributed by atoms with Gasteiger partial charge in [-0.1, -0.05) is 0 Å². The van der Waals surface area contributed by atoms with Crippen LogP contribution in [0.2, 0.25) is 0 Å². The third kappa shape index (κ3) is 3.61. The first kappa shape index (κ1) is 15.1. The second-order valence-corrected chi connectivity index (χ2v) is 5.10. The second-order valence-electron chi connectivity index (χ2n) is 5.10. The summed E-state index contributed by atoms with van der Waals surface area (Å²) in [6, 6.07) is -0.127. The molecule has 0 aliphatic carbocycles. The lowest BCUT2D eigenvalue weighted by Gasteiger charge is -2.35. The second kappa shape index (κ2) is 6.90. The molecule has 114 valence electrons. The Bertz CT molecular complexity index is 357. The normalized spacial score (nSPS) is 26.6.